The summed E-state index contributed by atoms with van der Waals surface area (Å²) in [6, 6.07) is 12.4. The average Bonchev–Trinajstić information content (AvgIpc) is 3.49. The molecule has 0 radical (unpaired) electrons. The monoisotopic (exact) mass is 402 g/mol. The molecular formula is C21H22N8O. The van der Waals surface area contributed by atoms with Crippen LogP contribution in [0.3, 0.4) is 0 Å². The van der Waals surface area contributed by atoms with Crippen molar-refractivity contribution in [2.75, 3.05) is 24.7 Å². The Balaban J connectivity index is 1.47. The van der Waals surface area contributed by atoms with E-state index in [-0.39, 0.29) is 6.04 Å². The van der Waals surface area contributed by atoms with Gasteiger partial charge in [-0.05, 0) is 43.2 Å². The summed E-state index contributed by atoms with van der Waals surface area (Å²) in [5.74, 6) is 0.879. The topological polar surface area (TPSA) is 86.8 Å². The van der Waals surface area contributed by atoms with Crippen LogP contribution in [-0.2, 0) is 11.2 Å². The number of anilines is 1. The van der Waals surface area contributed by atoms with Gasteiger partial charge in [0.15, 0.2) is 5.82 Å². The van der Waals surface area contributed by atoms with Crippen LogP contribution in [0, 0.1) is 6.92 Å². The van der Waals surface area contributed by atoms with Crippen LogP contribution in [0.5, 0.6) is 0 Å². The van der Waals surface area contributed by atoms with E-state index in [1.54, 1.807) is 34.4 Å². The smallest absolute Gasteiger partial charge is 0.157 e. The van der Waals surface area contributed by atoms with Gasteiger partial charge in [0.25, 0.3) is 0 Å². The molecule has 4 aromatic rings. The molecule has 9 heteroatoms. The minimum Gasteiger partial charge on any atom is -0.377 e. The van der Waals surface area contributed by atoms with E-state index in [9.17, 15) is 0 Å². The summed E-state index contributed by atoms with van der Waals surface area (Å²) in [5.41, 5.74) is 3.96. The molecule has 0 N–H and O–H groups in total. The van der Waals surface area contributed by atoms with Crippen LogP contribution in [0.1, 0.15) is 11.3 Å². The van der Waals surface area contributed by atoms with Crippen molar-refractivity contribution in [2.45, 2.75) is 19.4 Å². The SMILES string of the molecule is Cc1ccc(-n2nccn2)c(N2CCOC[C@H]2Cc2cccc(-n3nccn3)c2)n1. The zero-order valence-corrected chi connectivity index (χ0v) is 16.7. The van der Waals surface area contributed by atoms with Crippen LogP contribution in [0.25, 0.3) is 11.4 Å². The van der Waals surface area contributed by atoms with Gasteiger partial charge in [0, 0.05) is 12.2 Å². The van der Waals surface area contributed by atoms with Crippen LogP contribution in [-0.4, -0.2) is 60.8 Å². The lowest BCUT2D eigenvalue weighted by molar-refractivity contribution is 0.0936. The van der Waals surface area contributed by atoms with Gasteiger partial charge in [-0.1, -0.05) is 12.1 Å². The van der Waals surface area contributed by atoms with Gasteiger partial charge in [0.05, 0.1) is 49.7 Å². The molecule has 1 saturated heterocycles. The number of nitrogens with zero attached hydrogens (tertiary/aromatic N) is 8. The molecule has 0 amide bonds. The van der Waals surface area contributed by atoms with Crippen LogP contribution in [0.15, 0.2) is 61.2 Å². The molecule has 9 nitrogen and oxygen atoms in total. The van der Waals surface area contributed by atoms with E-state index in [1.807, 2.05) is 31.2 Å². The summed E-state index contributed by atoms with van der Waals surface area (Å²) in [6.07, 6.45) is 7.52. The number of hydrogen-bond donors (Lipinski definition) is 0. The van der Waals surface area contributed by atoms with Gasteiger partial charge in [-0.2, -0.15) is 25.2 Å². The van der Waals surface area contributed by atoms with Crippen molar-refractivity contribution in [3.63, 3.8) is 0 Å². The van der Waals surface area contributed by atoms with E-state index in [0.29, 0.717) is 13.2 Å². The summed E-state index contributed by atoms with van der Waals surface area (Å²) in [6.45, 7) is 4.05. The average molecular weight is 402 g/mol. The Bertz CT molecular complexity index is 1110. The van der Waals surface area contributed by atoms with Crippen molar-refractivity contribution in [1.29, 1.82) is 0 Å². The predicted molar refractivity (Wildman–Crippen MR) is 111 cm³/mol. The number of aryl methyl sites for hydroxylation is 1. The van der Waals surface area contributed by atoms with Crippen LogP contribution >= 0.6 is 0 Å². The minimum absolute atomic E-state index is 0.142. The largest absolute Gasteiger partial charge is 0.377 e. The van der Waals surface area contributed by atoms with Crippen LogP contribution in [0.2, 0.25) is 0 Å². The van der Waals surface area contributed by atoms with Crippen molar-refractivity contribution in [3.05, 3.63) is 72.4 Å². The maximum absolute atomic E-state index is 5.83. The number of benzene rings is 1. The summed E-state index contributed by atoms with van der Waals surface area (Å²) in [7, 11) is 0. The fraction of sp³-hybridized carbons (Fsp3) is 0.286. The van der Waals surface area contributed by atoms with Gasteiger partial charge >= 0.3 is 0 Å². The molecule has 4 heterocycles. The van der Waals surface area contributed by atoms with Gasteiger partial charge in [-0.3, -0.25) is 0 Å². The number of rotatable bonds is 5. The summed E-state index contributed by atoms with van der Waals surface area (Å²) < 4.78 is 5.83. The second-order valence-corrected chi connectivity index (χ2v) is 7.23. The zero-order chi connectivity index (χ0) is 20.3. The third kappa shape index (κ3) is 3.67. The van der Waals surface area contributed by atoms with Crippen LogP contribution < -0.4 is 4.90 Å². The molecule has 0 aliphatic carbocycles. The van der Waals surface area contributed by atoms with Crippen molar-refractivity contribution in [2.24, 2.45) is 0 Å². The highest BCUT2D eigenvalue weighted by atomic mass is 16.5. The highest BCUT2D eigenvalue weighted by Gasteiger charge is 2.27. The van der Waals surface area contributed by atoms with E-state index in [1.165, 1.54) is 5.56 Å². The van der Waals surface area contributed by atoms with Crippen molar-refractivity contribution >= 4 is 5.82 Å². The lowest BCUT2D eigenvalue weighted by Gasteiger charge is -2.37. The molecule has 5 rings (SSSR count). The molecular weight excluding hydrogens is 380 g/mol. The number of morpholine rings is 1. The second-order valence-electron chi connectivity index (χ2n) is 7.23. The van der Waals surface area contributed by atoms with E-state index in [0.717, 1.165) is 35.9 Å². The van der Waals surface area contributed by atoms with Gasteiger partial charge in [0.1, 0.15) is 5.69 Å². The Morgan fingerprint density at radius 2 is 1.73 bits per heavy atom. The number of hydrogen-bond acceptors (Lipinski definition) is 7. The van der Waals surface area contributed by atoms with Crippen molar-refractivity contribution in [1.82, 2.24) is 35.0 Å². The fourth-order valence-electron chi connectivity index (χ4n) is 3.78. The van der Waals surface area contributed by atoms with Crippen molar-refractivity contribution in [3.8, 4) is 11.4 Å². The molecule has 3 aromatic heterocycles. The third-order valence-corrected chi connectivity index (χ3v) is 5.16. The summed E-state index contributed by atoms with van der Waals surface area (Å²) >= 11 is 0. The number of aromatic nitrogens is 7. The van der Waals surface area contributed by atoms with Gasteiger partial charge in [0.2, 0.25) is 0 Å². The van der Waals surface area contributed by atoms with Crippen LogP contribution in [0.4, 0.5) is 5.82 Å². The molecule has 1 fully saturated rings. The van der Waals surface area contributed by atoms with E-state index in [4.69, 9.17) is 9.72 Å². The Morgan fingerprint density at radius 1 is 0.967 bits per heavy atom. The lowest BCUT2D eigenvalue weighted by atomic mass is 10.0. The molecule has 1 aliphatic heterocycles. The minimum atomic E-state index is 0.142. The third-order valence-electron chi connectivity index (χ3n) is 5.16. The maximum Gasteiger partial charge on any atom is 0.157 e. The van der Waals surface area contributed by atoms with Gasteiger partial charge < -0.3 is 9.64 Å². The Morgan fingerprint density at radius 3 is 2.53 bits per heavy atom. The summed E-state index contributed by atoms with van der Waals surface area (Å²) in [5, 5.41) is 17.1. The molecule has 1 atom stereocenters. The molecule has 0 spiro atoms. The molecule has 0 unspecified atom stereocenters. The molecule has 1 aliphatic rings. The Kier molecular flexibility index (Phi) is 4.94. The van der Waals surface area contributed by atoms with Crippen molar-refractivity contribution < 1.29 is 4.74 Å². The maximum atomic E-state index is 5.83. The lowest BCUT2D eigenvalue weighted by Crippen LogP contribution is -2.47. The van der Waals surface area contributed by atoms with E-state index >= 15 is 0 Å². The number of ether oxygens (including phenoxy) is 1. The second kappa shape index (κ2) is 8.03. The quantitative estimate of drug-likeness (QED) is 0.505. The Labute approximate surface area is 173 Å². The first-order chi connectivity index (χ1) is 14.8. The summed E-state index contributed by atoms with van der Waals surface area (Å²) in [4.78, 5) is 10.4. The predicted octanol–water partition coefficient (Wildman–Crippen LogP) is 2.00. The highest BCUT2D eigenvalue weighted by Crippen LogP contribution is 2.27. The zero-order valence-electron chi connectivity index (χ0n) is 16.7. The molecule has 152 valence electrons. The molecule has 1 aromatic carbocycles. The van der Waals surface area contributed by atoms with E-state index in [2.05, 4.69) is 37.4 Å². The standard InChI is InChI=1S/C21H22N8O/c1-16-5-6-20(29-24-9-10-25-29)21(26-16)27-11-12-30-15-19(27)14-17-3-2-4-18(13-17)28-22-7-8-23-28/h2-10,13,19H,11-12,14-15H2,1H3/t19-/m1/s1. The molecule has 0 saturated carbocycles. The van der Waals surface area contributed by atoms with E-state index < -0.39 is 0 Å². The van der Waals surface area contributed by atoms with Gasteiger partial charge in [-0.15, -0.1) is 4.80 Å². The first kappa shape index (κ1) is 18.4. The number of pyridine rings is 1. The normalized spacial score (nSPS) is 16.7. The first-order valence-corrected chi connectivity index (χ1v) is 9.92. The first-order valence-electron chi connectivity index (χ1n) is 9.92. The highest BCUT2D eigenvalue weighted by molar-refractivity contribution is 5.58. The fourth-order valence-corrected chi connectivity index (χ4v) is 3.78. The Hall–Kier alpha value is -3.59. The van der Waals surface area contributed by atoms with Gasteiger partial charge in [-0.25, -0.2) is 4.98 Å². The molecule has 0 bridgehead atoms. The molecule has 30 heavy (non-hydrogen) atoms.